The molecule has 271 valence electrons. The average Bonchev–Trinajstić information content (AvgIpc) is 3.42. The molecule has 50 heavy (non-hydrogen) atoms. The number of halogens is 1. The van der Waals surface area contributed by atoms with E-state index in [9.17, 15) is 9.90 Å². The number of carbonyl (C=O) groups is 1. The molecule has 0 saturated carbocycles. The van der Waals surface area contributed by atoms with E-state index in [-0.39, 0.29) is 48.8 Å². The fourth-order valence-electron chi connectivity index (χ4n) is 6.44. The number of fused-ring (bicyclic) bond motifs is 4. The molecule has 0 fully saturated rings. The zero-order chi connectivity index (χ0) is 36.3. The molecule has 0 bridgehead atoms. The molecular formula is C43H55FIrNO3Si-. The van der Waals surface area contributed by atoms with Gasteiger partial charge in [0.15, 0.2) is 5.78 Å². The molecule has 0 aliphatic carbocycles. The summed E-state index contributed by atoms with van der Waals surface area (Å²) in [4.78, 5) is 17.1. The van der Waals surface area contributed by atoms with E-state index in [2.05, 4.69) is 64.7 Å². The predicted octanol–water partition coefficient (Wildman–Crippen LogP) is 12.1. The van der Waals surface area contributed by atoms with Crippen molar-refractivity contribution in [3.05, 3.63) is 83.4 Å². The number of hydrogen-bond donors (Lipinski definition) is 1. The van der Waals surface area contributed by atoms with Gasteiger partial charge in [-0.1, -0.05) is 110 Å². The second kappa shape index (κ2) is 16.9. The van der Waals surface area contributed by atoms with E-state index < -0.39 is 8.07 Å². The molecule has 0 amide bonds. The SMILES string of the molecule is CCC(CC)/C(O)=C/C(=O)C(C)(CC)CC.Cc1[c-]c(-c2cc(CC(C)C)c3cc(F)c([Si](C)(C)C)cc3n2)c2oc3ccccc3c2c1.[Ir]. The van der Waals surface area contributed by atoms with E-state index in [1.807, 2.05) is 58.9 Å². The van der Waals surface area contributed by atoms with Crippen molar-refractivity contribution in [1.29, 1.82) is 0 Å². The number of carbonyl (C=O) groups excluding carboxylic acids is 1. The standard InChI is InChI=1S/C29H29FNOSi.C14H26O2.Ir/c1-17(2)11-19-14-25(31-26-16-28(33(4,5)6)24(30)15-21(19)26)23-13-18(3)12-22-20-9-7-8-10-27(20)32-29(22)23;1-6-11(7-2)12(15)10-13(16)14(5,8-3)9-4;/h7-10,12,14-17H,11H2,1-6H3;10-11,15H,6-9H2,1-5H3;/q-1;;/b;12-10-;. The maximum atomic E-state index is 15.1. The number of aryl methyl sites for hydroxylation is 1. The van der Waals surface area contributed by atoms with Crippen LogP contribution in [0, 0.1) is 36.1 Å². The molecule has 0 unspecified atom stereocenters. The fourth-order valence-corrected chi connectivity index (χ4v) is 7.80. The number of aromatic nitrogens is 1. The van der Waals surface area contributed by atoms with Gasteiger partial charge in [0.25, 0.3) is 0 Å². The number of pyridine rings is 1. The van der Waals surface area contributed by atoms with Gasteiger partial charge in [-0.25, -0.2) is 4.39 Å². The van der Waals surface area contributed by atoms with Gasteiger partial charge in [0.05, 0.1) is 24.9 Å². The van der Waals surface area contributed by atoms with Crippen LogP contribution in [0.4, 0.5) is 4.39 Å². The molecule has 5 aromatic rings. The van der Waals surface area contributed by atoms with Crippen LogP contribution in [0.1, 0.15) is 85.3 Å². The van der Waals surface area contributed by atoms with Crippen LogP contribution in [-0.4, -0.2) is 23.9 Å². The molecule has 7 heteroatoms. The van der Waals surface area contributed by atoms with Gasteiger partial charge in [-0.05, 0) is 72.7 Å². The Bertz CT molecular complexity index is 1980. The summed E-state index contributed by atoms with van der Waals surface area (Å²) in [6.07, 6.45) is 5.68. The summed E-state index contributed by atoms with van der Waals surface area (Å²) < 4.78 is 21.4. The minimum absolute atomic E-state index is 0. The Morgan fingerprint density at radius 1 is 1.00 bits per heavy atom. The third-order valence-corrected chi connectivity index (χ3v) is 12.1. The third-order valence-electron chi connectivity index (χ3n) is 10.1. The van der Waals surface area contributed by atoms with Crippen molar-refractivity contribution < 1.29 is 38.8 Å². The van der Waals surface area contributed by atoms with Gasteiger partial charge in [0.2, 0.25) is 0 Å². The molecule has 0 saturated heterocycles. The third kappa shape index (κ3) is 9.02. The average molecular weight is 873 g/mol. The minimum Gasteiger partial charge on any atom is -0.512 e. The number of aliphatic hydroxyl groups is 1. The monoisotopic (exact) mass is 873 g/mol. The molecule has 0 aliphatic rings. The van der Waals surface area contributed by atoms with Gasteiger partial charge >= 0.3 is 0 Å². The van der Waals surface area contributed by atoms with Crippen LogP contribution < -0.4 is 5.19 Å². The maximum absolute atomic E-state index is 15.1. The molecule has 2 heterocycles. The van der Waals surface area contributed by atoms with E-state index in [0.717, 1.165) is 92.5 Å². The smallest absolute Gasteiger partial charge is 0.164 e. The number of hydrogen-bond acceptors (Lipinski definition) is 4. The predicted molar refractivity (Wildman–Crippen MR) is 208 cm³/mol. The van der Waals surface area contributed by atoms with E-state index in [0.29, 0.717) is 5.92 Å². The summed E-state index contributed by atoms with van der Waals surface area (Å²) in [6, 6.07) is 19.5. The Kier molecular flexibility index (Phi) is 14.0. The van der Waals surface area contributed by atoms with Crippen molar-refractivity contribution in [2.45, 2.75) is 107 Å². The van der Waals surface area contributed by atoms with Gasteiger partial charge in [-0.2, -0.15) is 0 Å². The number of para-hydroxylation sites is 1. The van der Waals surface area contributed by atoms with Crippen LogP contribution in [0.5, 0.6) is 0 Å². The first-order chi connectivity index (χ1) is 23.1. The van der Waals surface area contributed by atoms with Crippen molar-refractivity contribution in [1.82, 2.24) is 4.98 Å². The Balaban J connectivity index is 0.000000340. The summed E-state index contributed by atoms with van der Waals surface area (Å²) in [7, 11) is -1.86. The maximum Gasteiger partial charge on any atom is 0.164 e. The van der Waals surface area contributed by atoms with E-state index in [4.69, 9.17) is 9.40 Å². The first kappa shape index (κ1) is 41.3. The molecule has 2 aromatic heterocycles. The largest absolute Gasteiger partial charge is 0.512 e. The molecule has 0 atom stereocenters. The van der Waals surface area contributed by atoms with Crippen LogP contribution >= 0.6 is 0 Å². The normalized spacial score (nSPS) is 12.5. The van der Waals surface area contributed by atoms with Gasteiger partial charge in [0.1, 0.15) is 11.4 Å². The summed E-state index contributed by atoms with van der Waals surface area (Å²) in [5, 5.41) is 13.8. The zero-order valence-electron chi connectivity index (χ0n) is 31.8. The molecule has 3 aromatic carbocycles. The van der Waals surface area contributed by atoms with Crippen LogP contribution in [-0.2, 0) is 31.3 Å². The van der Waals surface area contributed by atoms with Gasteiger partial charge in [-0.15, -0.1) is 17.7 Å². The van der Waals surface area contributed by atoms with E-state index in [1.165, 1.54) is 6.08 Å². The Labute approximate surface area is 313 Å². The van der Waals surface area contributed by atoms with E-state index >= 15 is 4.39 Å². The zero-order valence-corrected chi connectivity index (χ0v) is 35.2. The second-order valence-corrected chi connectivity index (χ2v) is 20.3. The van der Waals surface area contributed by atoms with Crippen LogP contribution in [0.25, 0.3) is 44.1 Å². The van der Waals surface area contributed by atoms with Gasteiger partial charge in [-0.3, -0.25) is 9.78 Å². The van der Waals surface area contributed by atoms with Crippen LogP contribution in [0.15, 0.2) is 64.8 Å². The van der Waals surface area contributed by atoms with Gasteiger partial charge < -0.3 is 9.52 Å². The number of ketones is 1. The molecule has 1 radical (unpaired) electrons. The number of nitrogens with zero attached hydrogens (tertiary/aromatic N) is 1. The molecule has 0 spiro atoms. The fraction of sp³-hybridized carbons (Fsp3) is 0.442. The minimum atomic E-state index is -1.86. The molecule has 0 aliphatic heterocycles. The van der Waals surface area contributed by atoms with Crippen LogP contribution in [0.2, 0.25) is 19.6 Å². The summed E-state index contributed by atoms with van der Waals surface area (Å²) >= 11 is 0. The Morgan fingerprint density at radius 2 is 1.64 bits per heavy atom. The topological polar surface area (TPSA) is 63.3 Å². The molecular weight excluding hydrogens is 818 g/mol. The van der Waals surface area contributed by atoms with Gasteiger partial charge in [0, 0.05) is 48.3 Å². The number of aliphatic hydroxyl groups excluding tert-OH is 1. The van der Waals surface area contributed by atoms with Crippen molar-refractivity contribution >= 4 is 51.9 Å². The van der Waals surface area contributed by atoms with Crippen molar-refractivity contribution in [2.75, 3.05) is 0 Å². The molecule has 4 nitrogen and oxygen atoms in total. The molecule has 1 N–H and O–H groups in total. The first-order valence-corrected chi connectivity index (χ1v) is 21.5. The Hall–Kier alpha value is -3.12. The van der Waals surface area contributed by atoms with Crippen molar-refractivity contribution in [2.24, 2.45) is 17.3 Å². The number of rotatable bonds is 11. The number of furan rings is 1. The number of allylic oxidation sites excluding steroid dienone is 2. The quantitative estimate of drug-likeness (QED) is 0.0621. The molecule has 5 rings (SSSR count). The van der Waals surface area contributed by atoms with Crippen molar-refractivity contribution in [3.63, 3.8) is 0 Å². The summed E-state index contributed by atoms with van der Waals surface area (Å²) in [6.45, 7) is 23.0. The Morgan fingerprint density at radius 3 is 2.22 bits per heavy atom. The summed E-state index contributed by atoms with van der Waals surface area (Å²) in [5.41, 5.74) is 6.05. The second-order valence-electron chi connectivity index (χ2n) is 15.2. The first-order valence-electron chi connectivity index (χ1n) is 18.0. The number of benzene rings is 3. The van der Waals surface area contributed by atoms with E-state index in [1.54, 1.807) is 6.07 Å². The summed E-state index contributed by atoms with van der Waals surface area (Å²) in [5.74, 6) is 0.769. The van der Waals surface area contributed by atoms with Crippen LogP contribution in [0.3, 0.4) is 0 Å². The van der Waals surface area contributed by atoms with Crippen molar-refractivity contribution in [3.8, 4) is 11.3 Å².